The van der Waals surface area contributed by atoms with Crippen LogP contribution in [0.15, 0.2) is 56.9 Å². The topological polar surface area (TPSA) is 109 Å². The van der Waals surface area contributed by atoms with Crippen LogP contribution in [0.1, 0.15) is 43.6 Å². The third-order valence-electron chi connectivity index (χ3n) is 5.16. The minimum Gasteiger partial charge on any atom is -0.379 e. The Labute approximate surface area is 161 Å². The first-order valence-corrected chi connectivity index (χ1v) is 10.6. The second-order valence-corrected chi connectivity index (χ2v) is 8.60. The number of hydrogen-bond acceptors (Lipinski definition) is 5. The second-order valence-electron chi connectivity index (χ2n) is 7.06. The molecule has 0 atom stereocenters. The number of aromatic nitrogens is 2. The zero-order valence-corrected chi connectivity index (χ0v) is 15.9. The summed E-state index contributed by atoms with van der Waals surface area (Å²) in [6.45, 7) is 0. The summed E-state index contributed by atoms with van der Waals surface area (Å²) in [6.07, 6.45) is 6.05. The van der Waals surface area contributed by atoms with Crippen molar-refractivity contribution in [2.24, 2.45) is 0 Å². The van der Waals surface area contributed by atoms with Crippen molar-refractivity contribution in [1.82, 2.24) is 9.97 Å². The molecule has 3 aromatic rings. The number of H-pyrrole nitrogens is 2. The minimum atomic E-state index is -4.11. The fourth-order valence-corrected chi connectivity index (χ4v) is 4.66. The van der Waals surface area contributed by atoms with Gasteiger partial charge in [-0.25, -0.2) is 4.79 Å². The molecule has 1 heterocycles. The molecule has 28 heavy (non-hydrogen) atoms. The fraction of sp³-hybridized carbons (Fsp3) is 0.300. The molecule has 0 spiro atoms. The Kier molecular flexibility index (Phi) is 4.80. The molecule has 1 fully saturated rings. The van der Waals surface area contributed by atoms with Gasteiger partial charge in [-0.3, -0.25) is 9.78 Å². The molecule has 0 unspecified atom stereocenters. The van der Waals surface area contributed by atoms with Crippen LogP contribution in [0.25, 0.3) is 10.9 Å². The van der Waals surface area contributed by atoms with Gasteiger partial charge in [-0.05, 0) is 54.7 Å². The molecule has 1 aromatic heterocycles. The molecule has 0 bridgehead atoms. The van der Waals surface area contributed by atoms with Crippen molar-refractivity contribution in [3.05, 3.63) is 68.9 Å². The van der Waals surface area contributed by atoms with Gasteiger partial charge in [0.15, 0.2) is 0 Å². The zero-order chi connectivity index (χ0) is 19.7. The molecule has 2 N–H and O–H groups in total. The van der Waals surface area contributed by atoms with Crippen LogP contribution in [0.2, 0.25) is 0 Å². The van der Waals surface area contributed by atoms with Crippen molar-refractivity contribution in [3.63, 3.8) is 0 Å². The van der Waals surface area contributed by atoms with Crippen LogP contribution in [-0.2, 0) is 10.1 Å². The summed E-state index contributed by atoms with van der Waals surface area (Å²) in [5.41, 5.74) is 0.144. The van der Waals surface area contributed by atoms with Gasteiger partial charge in [0.2, 0.25) is 0 Å². The van der Waals surface area contributed by atoms with Crippen molar-refractivity contribution in [2.75, 3.05) is 0 Å². The highest BCUT2D eigenvalue weighted by atomic mass is 32.2. The van der Waals surface area contributed by atoms with Gasteiger partial charge in [0, 0.05) is 0 Å². The molecule has 1 saturated carbocycles. The van der Waals surface area contributed by atoms with E-state index in [0.29, 0.717) is 5.92 Å². The molecule has 0 radical (unpaired) electrons. The van der Waals surface area contributed by atoms with E-state index in [1.165, 1.54) is 43.0 Å². The maximum Gasteiger partial charge on any atom is 0.339 e. The largest absolute Gasteiger partial charge is 0.379 e. The number of fused-ring (bicyclic) bond motifs is 1. The third-order valence-corrected chi connectivity index (χ3v) is 6.41. The molecule has 7 nitrogen and oxygen atoms in total. The lowest BCUT2D eigenvalue weighted by Gasteiger charge is -2.22. The predicted molar refractivity (Wildman–Crippen MR) is 105 cm³/mol. The van der Waals surface area contributed by atoms with Crippen molar-refractivity contribution < 1.29 is 12.6 Å². The van der Waals surface area contributed by atoms with Crippen LogP contribution in [0.3, 0.4) is 0 Å². The molecule has 0 aliphatic heterocycles. The first-order valence-electron chi connectivity index (χ1n) is 9.23. The van der Waals surface area contributed by atoms with E-state index in [-0.39, 0.29) is 21.5 Å². The van der Waals surface area contributed by atoms with Crippen molar-refractivity contribution >= 4 is 21.0 Å². The lowest BCUT2D eigenvalue weighted by Crippen LogP contribution is -2.22. The van der Waals surface area contributed by atoms with Crippen LogP contribution in [0.5, 0.6) is 5.75 Å². The van der Waals surface area contributed by atoms with Crippen molar-refractivity contribution in [1.29, 1.82) is 0 Å². The van der Waals surface area contributed by atoms with Gasteiger partial charge >= 0.3 is 15.8 Å². The quantitative estimate of drug-likeness (QED) is 0.654. The van der Waals surface area contributed by atoms with E-state index in [2.05, 4.69) is 9.97 Å². The summed E-state index contributed by atoms with van der Waals surface area (Å²) < 4.78 is 30.4. The molecular formula is C20H20N2O5S. The SMILES string of the molecule is O=c1[nH]c(=O)c2cc(S(=O)(=O)Oc3ccc(C4CCCCC4)cc3)ccc2[nH]1. The van der Waals surface area contributed by atoms with Crippen LogP contribution in [0.4, 0.5) is 0 Å². The smallest absolute Gasteiger partial charge is 0.339 e. The van der Waals surface area contributed by atoms with Gasteiger partial charge in [-0.2, -0.15) is 8.42 Å². The van der Waals surface area contributed by atoms with Gasteiger partial charge in [-0.15, -0.1) is 0 Å². The van der Waals surface area contributed by atoms with E-state index in [1.54, 1.807) is 12.1 Å². The van der Waals surface area contributed by atoms with Gasteiger partial charge in [-0.1, -0.05) is 31.4 Å². The van der Waals surface area contributed by atoms with E-state index in [1.807, 2.05) is 12.1 Å². The Morgan fingerprint density at radius 1 is 0.893 bits per heavy atom. The standard InChI is InChI=1S/C20H20N2O5S/c23-19-17-12-16(10-11-18(17)21-20(24)22-19)28(25,26)27-15-8-6-14(7-9-15)13-4-2-1-3-5-13/h6-13H,1-5H2,(H2,21,22,23,24). The van der Waals surface area contributed by atoms with Gasteiger partial charge < -0.3 is 9.17 Å². The zero-order valence-electron chi connectivity index (χ0n) is 15.1. The Hall–Kier alpha value is -2.87. The summed E-state index contributed by atoms with van der Waals surface area (Å²) in [7, 11) is -4.11. The summed E-state index contributed by atoms with van der Waals surface area (Å²) in [4.78, 5) is 27.6. The average Bonchev–Trinajstić information content (AvgIpc) is 2.68. The van der Waals surface area contributed by atoms with E-state index < -0.39 is 21.4 Å². The Morgan fingerprint density at radius 2 is 1.61 bits per heavy atom. The highest BCUT2D eigenvalue weighted by Gasteiger charge is 2.19. The van der Waals surface area contributed by atoms with Crippen LogP contribution in [-0.4, -0.2) is 18.4 Å². The Morgan fingerprint density at radius 3 is 2.32 bits per heavy atom. The van der Waals surface area contributed by atoms with E-state index in [9.17, 15) is 18.0 Å². The monoisotopic (exact) mass is 400 g/mol. The Balaban J connectivity index is 1.59. The predicted octanol–water partition coefficient (Wildman–Crippen LogP) is 3.03. The molecule has 4 rings (SSSR count). The molecule has 0 saturated heterocycles. The average molecular weight is 400 g/mol. The van der Waals surface area contributed by atoms with Crippen LogP contribution >= 0.6 is 0 Å². The highest BCUT2D eigenvalue weighted by Crippen LogP contribution is 2.33. The summed E-state index contributed by atoms with van der Waals surface area (Å²) in [5.74, 6) is 0.740. The van der Waals surface area contributed by atoms with Crippen LogP contribution in [0, 0.1) is 0 Å². The van der Waals surface area contributed by atoms with Crippen LogP contribution < -0.4 is 15.4 Å². The van der Waals surface area contributed by atoms with E-state index in [0.717, 1.165) is 12.8 Å². The van der Waals surface area contributed by atoms with Gasteiger partial charge in [0.1, 0.15) is 10.6 Å². The summed E-state index contributed by atoms with van der Waals surface area (Å²) in [6, 6.07) is 11.0. The molecule has 1 aliphatic carbocycles. The number of benzene rings is 2. The fourth-order valence-electron chi connectivity index (χ4n) is 3.71. The highest BCUT2D eigenvalue weighted by molar-refractivity contribution is 7.87. The second kappa shape index (κ2) is 7.27. The first-order chi connectivity index (χ1) is 13.4. The molecule has 8 heteroatoms. The first kappa shape index (κ1) is 18.5. The van der Waals surface area contributed by atoms with Crippen molar-refractivity contribution in [3.8, 4) is 5.75 Å². The normalized spacial score (nSPS) is 15.6. The summed E-state index contributed by atoms with van der Waals surface area (Å²) >= 11 is 0. The Bertz CT molecular complexity index is 1220. The maximum absolute atomic E-state index is 12.6. The lowest BCUT2D eigenvalue weighted by molar-refractivity contribution is 0.443. The summed E-state index contributed by atoms with van der Waals surface area (Å²) in [5, 5.41) is 0.0666. The van der Waals surface area contributed by atoms with Gasteiger partial charge in [0.05, 0.1) is 10.9 Å². The number of aromatic amines is 2. The van der Waals surface area contributed by atoms with Gasteiger partial charge in [0.25, 0.3) is 5.56 Å². The number of nitrogens with one attached hydrogen (secondary N) is 2. The molecular weight excluding hydrogens is 380 g/mol. The maximum atomic E-state index is 12.6. The van der Waals surface area contributed by atoms with E-state index >= 15 is 0 Å². The third kappa shape index (κ3) is 3.73. The molecule has 0 amide bonds. The lowest BCUT2D eigenvalue weighted by atomic mass is 9.84. The minimum absolute atomic E-state index is 0.0666. The number of rotatable bonds is 4. The molecule has 1 aliphatic rings. The van der Waals surface area contributed by atoms with E-state index in [4.69, 9.17) is 4.18 Å². The molecule has 146 valence electrons. The molecule has 2 aromatic carbocycles. The number of hydrogen-bond donors (Lipinski definition) is 2. The van der Waals surface area contributed by atoms with Crippen molar-refractivity contribution in [2.45, 2.75) is 42.9 Å².